The van der Waals surface area contributed by atoms with E-state index in [-0.39, 0.29) is 0 Å². The molecule has 0 radical (unpaired) electrons. The zero-order valence-electron chi connectivity index (χ0n) is 13.3. The number of nitrogens with zero attached hydrogens (tertiary/aromatic N) is 1. The fraction of sp³-hybridized carbons (Fsp3) is 0.333. The molecule has 0 fully saturated rings. The van der Waals surface area contributed by atoms with Crippen LogP contribution in [0.1, 0.15) is 12.5 Å². The summed E-state index contributed by atoms with van der Waals surface area (Å²) in [6.45, 7) is 4.81. The van der Waals surface area contributed by atoms with Gasteiger partial charge in [0.15, 0.2) is 0 Å². The van der Waals surface area contributed by atoms with E-state index in [0.717, 1.165) is 35.8 Å². The van der Waals surface area contributed by atoms with Crippen LogP contribution in [0, 0.1) is 0 Å². The van der Waals surface area contributed by atoms with Crippen molar-refractivity contribution in [3.63, 3.8) is 0 Å². The molecule has 2 rings (SSSR count). The molecule has 0 aliphatic rings. The second-order valence-electron chi connectivity index (χ2n) is 4.95. The average molecular weight is 300 g/mol. The molecule has 0 saturated carbocycles. The van der Waals surface area contributed by atoms with Gasteiger partial charge in [0.05, 0.1) is 13.7 Å². The summed E-state index contributed by atoms with van der Waals surface area (Å²) in [6, 6.07) is 16.2. The van der Waals surface area contributed by atoms with E-state index in [4.69, 9.17) is 15.2 Å². The van der Waals surface area contributed by atoms with Crippen LogP contribution in [-0.2, 0) is 6.54 Å². The Bertz CT molecular complexity index is 570. The van der Waals surface area contributed by atoms with E-state index in [1.54, 1.807) is 7.11 Å². The molecule has 2 N–H and O–H groups in total. The molecule has 2 aromatic carbocycles. The molecule has 0 atom stereocenters. The Hall–Kier alpha value is -2.20. The first-order chi connectivity index (χ1) is 10.8. The lowest BCUT2D eigenvalue weighted by Gasteiger charge is -2.25. The highest BCUT2D eigenvalue weighted by Gasteiger charge is 2.10. The van der Waals surface area contributed by atoms with Crippen molar-refractivity contribution in [2.45, 2.75) is 13.5 Å². The van der Waals surface area contributed by atoms with Crippen molar-refractivity contribution in [2.75, 3.05) is 31.7 Å². The molecule has 0 aliphatic carbocycles. The number of rotatable bonds is 8. The van der Waals surface area contributed by atoms with Crippen molar-refractivity contribution in [3.05, 3.63) is 54.1 Å². The third-order valence-electron chi connectivity index (χ3n) is 3.47. The summed E-state index contributed by atoms with van der Waals surface area (Å²) in [5, 5.41) is 0. The predicted molar refractivity (Wildman–Crippen MR) is 90.7 cm³/mol. The Morgan fingerprint density at radius 3 is 2.41 bits per heavy atom. The Balaban J connectivity index is 2.21. The van der Waals surface area contributed by atoms with Crippen molar-refractivity contribution < 1.29 is 9.47 Å². The molecular formula is C18H24N2O2. The summed E-state index contributed by atoms with van der Waals surface area (Å²) in [4.78, 5) is 2.25. The van der Waals surface area contributed by atoms with Crippen molar-refractivity contribution in [2.24, 2.45) is 5.73 Å². The van der Waals surface area contributed by atoms with E-state index in [2.05, 4.69) is 23.1 Å². The third-order valence-corrected chi connectivity index (χ3v) is 3.47. The number of nitrogens with two attached hydrogens (primary N) is 1. The Morgan fingerprint density at radius 2 is 1.77 bits per heavy atom. The number of methoxy groups -OCH3 is 1. The standard InChI is InChI=1S/C18H24N2O2/c1-3-22-18-7-5-4-6-15(18)14-20(13-12-19)16-8-10-17(21-2)11-9-16/h4-11H,3,12-14,19H2,1-2H3. The van der Waals surface area contributed by atoms with Crippen LogP contribution in [0.2, 0.25) is 0 Å². The van der Waals surface area contributed by atoms with Crippen molar-refractivity contribution in [1.82, 2.24) is 0 Å². The second-order valence-corrected chi connectivity index (χ2v) is 4.95. The minimum atomic E-state index is 0.600. The third kappa shape index (κ3) is 4.15. The Morgan fingerprint density at radius 1 is 1.05 bits per heavy atom. The lowest BCUT2D eigenvalue weighted by Crippen LogP contribution is -2.29. The quantitative estimate of drug-likeness (QED) is 0.814. The zero-order chi connectivity index (χ0) is 15.8. The summed E-state index contributed by atoms with van der Waals surface area (Å²) in [5.74, 6) is 1.78. The molecule has 118 valence electrons. The van der Waals surface area contributed by atoms with Gasteiger partial charge in [-0.1, -0.05) is 18.2 Å². The second kappa shape index (κ2) is 8.29. The number of para-hydroxylation sites is 1. The molecule has 22 heavy (non-hydrogen) atoms. The summed E-state index contributed by atoms with van der Waals surface area (Å²) < 4.78 is 10.9. The van der Waals surface area contributed by atoms with Crippen LogP contribution in [0.5, 0.6) is 11.5 Å². The molecule has 0 bridgehead atoms. The Labute approximate surface area is 132 Å². The van der Waals surface area contributed by atoms with Gasteiger partial charge in [-0.25, -0.2) is 0 Å². The normalized spacial score (nSPS) is 10.3. The van der Waals surface area contributed by atoms with Gasteiger partial charge in [0.1, 0.15) is 11.5 Å². The van der Waals surface area contributed by atoms with E-state index >= 15 is 0 Å². The van der Waals surface area contributed by atoms with Crippen molar-refractivity contribution in [3.8, 4) is 11.5 Å². The maximum absolute atomic E-state index is 5.78. The first-order valence-electron chi connectivity index (χ1n) is 7.58. The smallest absolute Gasteiger partial charge is 0.124 e. The molecule has 0 amide bonds. The fourth-order valence-electron chi connectivity index (χ4n) is 2.38. The minimum Gasteiger partial charge on any atom is -0.497 e. The molecular weight excluding hydrogens is 276 g/mol. The van der Waals surface area contributed by atoms with Crippen LogP contribution in [0.15, 0.2) is 48.5 Å². The van der Waals surface area contributed by atoms with Gasteiger partial charge in [-0.3, -0.25) is 0 Å². The van der Waals surface area contributed by atoms with Gasteiger partial charge in [-0.05, 0) is 37.3 Å². The minimum absolute atomic E-state index is 0.600. The van der Waals surface area contributed by atoms with Crippen LogP contribution in [0.4, 0.5) is 5.69 Å². The van der Waals surface area contributed by atoms with Crippen LogP contribution in [0.25, 0.3) is 0 Å². The first-order valence-corrected chi connectivity index (χ1v) is 7.58. The number of benzene rings is 2. The number of ether oxygens (including phenoxy) is 2. The maximum atomic E-state index is 5.78. The predicted octanol–water partition coefficient (Wildman–Crippen LogP) is 3.06. The number of hydrogen-bond acceptors (Lipinski definition) is 4. The van der Waals surface area contributed by atoms with Crippen molar-refractivity contribution in [1.29, 1.82) is 0 Å². The van der Waals surface area contributed by atoms with Crippen LogP contribution in [-0.4, -0.2) is 26.8 Å². The van der Waals surface area contributed by atoms with Gasteiger partial charge in [0.2, 0.25) is 0 Å². The highest BCUT2D eigenvalue weighted by atomic mass is 16.5. The van der Waals surface area contributed by atoms with Gasteiger partial charge >= 0.3 is 0 Å². The summed E-state index contributed by atoms with van der Waals surface area (Å²) in [5.41, 5.74) is 8.06. The van der Waals surface area contributed by atoms with E-state index in [1.165, 1.54) is 0 Å². The van der Waals surface area contributed by atoms with Crippen LogP contribution < -0.4 is 20.1 Å². The molecule has 0 saturated heterocycles. The van der Waals surface area contributed by atoms with Gasteiger partial charge in [0.25, 0.3) is 0 Å². The summed E-state index contributed by atoms with van der Waals surface area (Å²) >= 11 is 0. The van der Waals surface area contributed by atoms with Crippen LogP contribution >= 0.6 is 0 Å². The summed E-state index contributed by atoms with van der Waals surface area (Å²) in [7, 11) is 1.67. The fourth-order valence-corrected chi connectivity index (χ4v) is 2.38. The zero-order valence-corrected chi connectivity index (χ0v) is 13.3. The largest absolute Gasteiger partial charge is 0.497 e. The van der Waals surface area contributed by atoms with E-state index in [1.807, 2.05) is 37.3 Å². The topological polar surface area (TPSA) is 47.7 Å². The molecule has 0 unspecified atom stereocenters. The molecule has 0 aromatic heterocycles. The van der Waals surface area contributed by atoms with E-state index in [9.17, 15) is 0 Å². The van der Waals surface area contributed by atoms with Gasteiger partial charge < -0.3 is 20.1 Å². The van der Waals surface area contributed by atoms with E-state index in [0.29, 0.717) is 13.2 Å². The lowest BCUT2D eigenvalue weighted by atomic mass is 10.1. The highest BCUT2D eigenvalue weighted by Crippen LogP contribution is 2.24. The molecule has 0 aliphatic heterocycles. The number of hydrogen-bond donors (Lipinski definition) is 1. The molecule has 4 nitrogen and oxygen atoms in total. The van der Waals surface area contributed by atoms with E-state index < -0.39 is 0 Å². The van der Waals surface area contributed by atoms with Crippen molar-refractivity contribution >= 4 is 5.69 Å². The first kappa shape index (κ1) is 16.2. The molecule has 0 spiro atoms. The molecule has 4 heteroatoms. The average Bonchev–Trinajstić information content (AvgIpc) is 2.56. The summed E-state index contributed by atoms with van der Waals surface area (Å²) in [6.07, 6.45) is 0. The lowest BCUT2D eigenvalue weighted by molar-refractivity contribution is 0.336. The van der Waals surface area contributed by atoms with Gasteiger partial charge in [-0.15, -0.1) is 0 Å². The Kier molecular flexibility index (Phi) is 6.10. The van der Waals surface area contributed by atoms with Gasteiger partial charge in [0, 0.05) is 30.9 Å². The monoisotopic (exact) mass is 300 g/mol. The SMILES string of the molecule is CCOc1ccccc1CN(CCN)c1ccc(OC)cc1. The van der Waals surface area contributed by atoms with Gasteiger partial charge in [-0.2, -0.15) is 0 Å². The maximum Gasteiger partial charge on any atom is 0.124 e. The number of anilines is 1. The van der Waals surface area contributed by atoms with Crippen LogP contribution in [0.3, 0.4) is 0 Å². The molecule has 0 heterocycles. The highest BCUT2D eigenvalue weighted by molar-refractivity contribution is 5.50. The molecule has 2 aromatic rings.